The van der Waals surface area contributed by atoms with Gasteiger partial charge in [-0.25, -0.2) is 0 Å². The largest absolute Gasteiger partial charge is 0.377 e. The Bertz CT molecular complexity index is 653. The van der Waals surface area contributed by atoms with Gasteiger partial charge in [0.2, 0.25) is 5.91 Å². The molecule has 1 unspecified atom stereocenters. The Balaban J connectivity index is 1.86. The zero-order valence-corrected chi connectivity index (χ0v) is 14.6. The molecule has 2 rings (SSSR count). The highest BCUT2D eigenvalue weighted by atomic mass is 16.5. The first-order valence-electron chi connectivity index (χ1n) is 8.37. The molecule has 0 fully saturated rings. The van der Waals surface area contributed by atoms with Crippen LogP contribution in [0.1, 0.15) is 37.5 Å². The van der Waals surface area contributed by atoms with Gasteiger partial charge in [-0.15, -0.1) is 0 Å². The molecule has 0 saturated heterocycles. The number of ether oxygens (including phenoxy) is 1. The van der Waals surface area contributed by atoms with Crippen molar-refractivity contribution in [1.82, 2.24) is 0 Å². The molecule has 0 saturated carbocycles. The summed E-state index contributed by atoms with van der Waals surface area (Å²) in [6.45, 7) is 4.37. The fourth-order valence-electron chi connectivity index (χ4n) is 2.47. The van der Waals surface area contributed by atoms with Crippen LogP contribution in [0, 0.1) is 0 Å². The lowest BCUT2D eigenvalue weighted by atomic mass is 10.1. The van der Waals surface area contributed by atoms with Crippen LogP contribution in [0.2, 0.25) is 0 Å². The highest BCUT2D eigenvalue weighted by molar-refractivity contribution is 5.93. The number of rotatable bonds is 8. The highest BCUT2D eigenvalue weighted by Crippen LogP contribution is 2.19. The zero-order valence-electron chi connectivity index (χ0n) is 14.6. The van der Waals surface area contributed by atoms with E-state index in [9.17, 15) is 4.79 Å². The molecule has 2 aromatic rings. The second-order valence-electron chi connectivity index (χ2n) is 5.85. The molecule has 0 aliphatic heterocycles. The van der Waals surface area contributed by atoms with E-state index in [1.807, 2.05) is 43.3 Å². The Morgan fingerprint density at radius 2 is 1.88 bits per heavy atom. The summed E-state index contributed by atoms with van der Waals surface area (Å²) in [5.74, 6) is -0.0663. The summed E-state index contributed by atoms with van der Waals surface area (Å²) in [4.78, 5) is 12.1. The number of carbonyl (C=O) groups is 1. The Labute approximate surface area is 144 Å². The Morgan fingerprint density at radius 3 is 2.54 bits per heavy atom. The number of nitrogens with one attached hydrogen (secondary N) is 2. The topological polar surface area (TPSA) is 50.4 Å². The van der Waals surface area contributed by atoms with Gasteiger partial charge in [0.15, 0.2) is 0 Å². The van der Waals surface area contributed by atoms with E-state index in [-0.39, 0.29) is 18.6 Å². The number of methoxy groups -OCH3 is 1. The molecule has 0 aromatic heterocycles. The van der Waals surface area contributed by atoms with Gasteiger partial charge in [-0.2, -0.15) is 0 Å². The van der Waals surface area contributed by atoms with Gasteiger partial charge in [0.1, 0.15) is 0 Å². The Hall–Kier alpha value is -2.33. The minimum absolute atomic E-state index is 0.0298. The standard InChI is InChI=1S/C20H26N2O2/c1-4-6-16-9-11-18(12-10-16)22-20(23)14-21-19-8-5-7-17(13-19)15(2)24-3/h5,7-13,15,21H,4,6,14H2,1-3H3,(H,22,23). The van der Waals surface area contributed by atoms with E-state index in [0.29, 0.717) is 0 Å². The maximum atomic E-state index is 12.1. The third kappa shape index (κ3) is 5.39. The Morgan fingerprint density at radius 1 is 1.12 bits per heavy atom. The van der Waals surface area contributed by atoms with Gasteiger partial charge in [-0.05, 0) is 48.7 Å². The first-order chi connectivity index (χ1) is 11.6. The monoisotopic (exact) mass is 326 g/mol. The third-order valence-corrected chi connectivity index (χ3v) is 3.94. The average Bonchev–Trinajstić information content (AvgIpc) is 2.61. The molecule has 4 nitrogen and oxygen atoms in total. The van der Waals surface area contributed by atoms with Crippen LogP contribution in [0.15, 0.2) is 48.5 Å². The van der Waals surface area contributed by atoms with Crippen molar-refractivity contribution in [3.63, 3.8) is 0 Å². The molecule has 0 bridgehead atoms. The first kappa shape index (κ1) is 18.0. The third-order valence-electron chi connectivity index (χ3n) is 3.94. The van der Waals surface area contributed by atoms with E-state index in [2.05, 4.69) is 29.7 Å². The molecule has 0 heterocycles. The number of hydrogen-bond acceptors (Lipinski definition) is 3. The molecule has 0 radical (unpaired) electrons. The van der Waals surface area contributed by atoms with E-state index in [1.54, 1.807) is 7.11 Å². The highest BCUT2D eigenvalue weighted by Gasteiger charge is 2.06. The van der Waals surface area contributed by atoms with Gasteiger partial charge in [0.05, 0.1) is 12.6 Å². The van der Waals surface area contributed by atoms with Crippen molar-refractivity contribution in [1.29, 1.82) is 0 Å². The second kappa shape index (κ2) is 9.08. The number of benzene rings is 2. The summed E-state index contributed by atoms with van der Waals surface area (Å²) in [6, 6.07) is 15.9. The molecule has 1 atom stereocenters. The predicted octanol–water partition coefficient (Wildman–Crippen LogP) is 4.40. The molecule has 0 spiro atoms. The van der Waals surface area contributed by atoms with Gasteiger partial charge in [-0.3, -0.25) is 4.79 Å². The fraction of sp³-hybridized carbons (Fsp3) is 0.350. The minimum Gasteiger partial charge on any atom is -0.377 e. The summed E-state index contributed by atoms with van der Waals surface area (Å²) >= 11 is 0. The summed E-state index contributed by atoms with van der Waals surface area (Å²) in [6.07, 6.45) is 2.21. The first-order valence-corrected chi connectivity index (χ1v) is 8.37. The van der Waals surface area contributed by atoms with E-state index in [4.69, 9.17) is 4.74 Å². The van der Waals surface area contributed by atoms with Crippen LogP contribution < -0.4 is 10.6 Å². The lowest BCUT2D eigenvalue weighted by Crippen LogP contribution is -2.21. The molecule has 0 aliphatic carbocycles. The van der Waals surface area contributed by atoms with Crippen LogP contribution in [-0.2, 0) is 16.0 Å². The van der Waals surface area contributed by atoms with Gasteiger partial charge in [-0.1, -0.05) is 37.6 Å². The van der Waals surface area contributed by atoms with Crippen molar-refractivity contribution in [3.8, 4) is 0 Å². The van der Waals surface area contributed by atoms with Gasteiger partial charge < -0.3 is 15.4 Å². The number of hydrogen-bond donors (Lipinski definition) is 2. The smallest absolute Gasteiger partial charge is 0.243 e. The van der Waals surface area contributed by atoms with Crippen LogP contribution in [0.4, 0.5) is 11.4 Å². The molecule has 1 amide bonds. The van der Waals surface area contributed by atoms with Gasteiger partial charge >= 0.3 is 0 Å². The number of amides is 1. The van der Waals surface area contributed by atoms with E-state index in [1.165, 1.54) is 5.56 Å². The van der Waals surface area contributed by atoms with Crippen molar-refractivity contribution in [2.75, 3.05) is 24.3 Å². The predicted molar refractivity (Wildman–Crippen MR) is 99.4 cm³/mol. The fourth-order valence-corrected chi connectivity index (χ4v) is 2.47. The summed E-state index contributed by atoms with van der Waals surface area (Å²) in [5, 5.41) is 6.05. The lowest BCUT2D eigenvalue weighted by molar-refractivity contribution is -0.114. The lowest BCUT2D eigenvalue weighted by Gasteiger charge is -2.12. The van der Waals surface area contributed by atoms with Crippen LogP contribution in [0.25, 0.3) is 0 Å². The SMILES string of the molecule is CCCc1ccc(NC(=O)CNc2cccc(C(C)OC)c2)cc1. The van der Waals surface area contributed by atoms with Crippen LogP contribution >= 0.6 is 0 Å². The number of aryl methyl sites for hydroxylation is 1. The zero-order chi connectivity index (χ0) is 17.4. The molecule has 0 aliphatic rings. The summed E-state index contributed by atoms with van der Waals surface area (Å²) in [5.41, 5.74) is 4.10. The summed E-state index contributed by atoms with van der Waals surface area (Å²) in [7, 11) is 1.68. The number of anilines is 2. The van der Waals surface area contributed by atoms with Crippen LogP contribution in [0.5, 0.6) is 0 Å². The molecule has 128 valence electrons. The van der Waals surface area contributed by atoms with Crippen LogP contribution in [0.3, 0.4) is 0 Å². The van der Waals surface area contributed by atoms with E-state index in [0.717, 1.165) is 29.8 Å². The normalized spacial score (nSPS) is 11.8. The minimum atomic E-state index is -0.0663. The maximum Gasteiger partial charge on any atom is 0.243 e. The van der Waals surface area contributed by atoms with Crippen molar-refractivity contribution >= 4 is 17.3 Å². The van der Waals surface area contributed by atoms with Gasteiger partial charge in [0.25, 0.3) is 0 Å². The van der Waals surface area contributed by atoms with Gasteiger partial charge in [0, 0.05) is 18.5 Å². The number of carbonyl (C=O) groups excluding carboxylic acids is 1. The molecular weight excluding hydrogens is 300 g/mol. The van der Waals surface area contributed by atoms with Crippen LogP contribution in [-0.4, -0.2) is 19.6 Å². The maximum absolute atomic E-state index is 12.1. The molecular formula is C20H26N2O2. The molecule has 2 N–H and O–H groups in total. The van der Waals surface area contributed by atoms with E-state index < -0.39 is 0 Å². The molecule has 2 aromatic carbocycles. The van der Waals surface area contributed by atoms with Crippen molar-refractivity contribution < 1.29 is 9.53 Å². The van der Waals surface area contributed by atoms with Crippen molar-refractivity contribution in [2.45, 2.75) is 32.8 Å². The molecule has 24 heavy (non-hydrogen) atoms. The second-order valence-corrected chi connectivity index (χ2v) is 5.85. The summed E-state index contributed by atoms with van der Waals surface area (Å²) < 4.78 is 5.32. The Kier molecular flexibility index (Phi) is 6.82. The van der Waals surface area contributed by atoms with Crippen molar-refractivity contribution in [2.24, 2.45) is 0 Å². The quantitative estimate of drug-likeness (QED) is 0.756. The molecule has 4 heteroatoms. The average molecular weight is 326 g/mol. The van der Waals surface area contributed by atoms with E-state index >= 15 is 0 Å². The van der Waals surface area contributed by atoms with Crippen molar-refractivity contribution in [3.05, 3.63) is 59.7 Å².